The smallest absolute Gasteiger partial charge is 0.308 e. The Bertz CT molecular complexity index is 410. The summed E-state index contributed by atoms with van der Waals surface area (Å²) in [5.41, 5.74) is 0.507. The third-order valence-corrected chi connectivity index (χ3v) is 3.45. The molecule has 2 N–H and O–H groups in total. The minimum absolute atomic E-state index is 0.0405. The lowest BCUT2D eigenvalue weighted by molar-refractivity contribution is 0.0779. The second kappa shape index (κ2) is 5.86. The molecule has 0 radical (unpaired) electrons. The third-order valence-electron chi connectivity index (χ3n) is 2.73. The Hall–Kier alpha value is -0.850. The SMILES string of the molecule is CC(C)(NCCC(F)(F)S(=O)O)c1ccccc1. The summed E-state index contributed by atoms with van der Waals surface area (Å²) in [5.74, 6) is 0. The Morgan fingerprint density at radius 2 is 1.83 bits per heavy atom. The molecule has 0 fully saturated rings. The third kappa shape index (κ3) is 4.12. The highest BCUT2D eigenvalue weighted by atomic mass is 32.2. The number of hydrogen-bond acceptors (Lipinski definition) is 2. The lowest BCUT2D eigenvalue weighted by Crippen LogP contribution is -2.39. The van der Waals surface area contributed by atoms with Crippen LogP contribution in [0.15, 0.2) is 30.3 Å². The summed E-state index contributed by atoms with van der Waals surface area (Å²) in [6, 6.07) is 9.42. The summed E-state index contributed by atoms with van der Waals surface area (Å²) in [4.78, 5) is 0. The van der Waals surface area contributed by atoms with Crippen molar-refractivity contribution >= 4 is 11.1 Å². The van der Waals surface area contributed by atoms with E-state index in [1.165, 1.54) is 0 Å². The quantitative estimate of drug-likeness (QED) is 0.786. The van der Waals surface area contributed by atoms with Gasteiger partial charge in [0, 0.05) is 18.5 Å². The van der Waals surface area contributed by atoms with Gasteiger partial charge in [-0.1, -0.05) is 30.3 Å². The first-order chi connectivity index (χ1) is 8.26. The molecule has 6 heteroatoms. The van der Waals surface area contributed by atoms with Gasteiger partial charge in [-0.25, -0.2) is 4.21 Å². The van der Waals surface area contributed by atoms with E-state index in [1.807, 2.05) is 44.2 Å². The van der Waals surface area contributed by atoms with E-state index in [4.69, 9.17) is 4.55 Å². The van der Waals surface area contributed by atoms with E-state index in [2.05, 4.69) is 5.32 Å². The molecule has 0 spiro atoms. The lowest BCUT2D eigenvalue weighted by Gasteiger charge is -2.27. The maximum absolute atomic E-state index is 12.9. The van der Waals surface area contributed by atoms with Crippen molar-refractivity contribution in [3.8, 4) is 0 Å². The van der Waals surface area contributed by atoms with E-state index in [0.717, 1.165) is 5.56 Å². The van der Waals surface area contributed by atoms with Crippen molar-refractivity contribution in [1.29, 1.82) is 0 Å². The number of rotatable bonds is 6. The Kier molecular flexibility index (Phi) is 4.95. The summed E-state index contributed by atoms with van der Waals surface area (Å²) < 4.78 is 44.7. The molecule has 102 valence electrons. The molecule has 0 aromatic heterocycles. The van der Waals surface area contributed by atoms with Crippen molar-refractivity contribution in [3.63, 3.8) is 0 Å². The molecule has 18 heavy (non-hydrogen) atoms. The molecule has 1 rings (SSSR count). The first kappa shape index (κ1) is 15.2. The van der Waals surface area contributed by atoms with Crippen molar-refractivity contribution in [2.24, 2.45) is 0 Å². The average molecular weight is 277 g/mol. The van der Waals surface area contributed by atoms with Crippen LogP contribution < -0.4 is 5.32 Å². The van der Waals surface area contributed by atoms with Crippen LogP contribution in [-0.2, 0) is 16.6 Å². The van der Waals surface area contributed by atoms with Crippen molar-refractivity contribution in [3.05, 3.63) is 35.9 Å². The molecule has 0 aliphatic carbocycles. The van der Waals surface area contributed by atoms with Crippen LogP contribution >= 0.6 is 0 Å². The second-order valence-corrected chi connectivity index (χ2v) is 5.65. The predicted molar refractivity (Wildman–Crippen MR) is 67.8 cm³/mol. The van der Waals surface area contributed by atoms with Gasteiger partial charge in [-0.15, -0.1) is 0 Å². The molecule has 0 amide bonds. The van der Waals surface area contributed by atoms with Gasteiger partial charge < -0.3 is 9.87 Å². The van der Waals surface area contributed by atoms with E-state index in [1.54, 1.807) is 0 Å². The van der Waals surface area contributed by atoms with Gasteiger partial charge in [0.15, 0.2) is 0 Å². The summed E-state index contributed by atoms with van der Waals surface area (Å²) in [6.07, 6.45) is -0.674. The van der Waals surface area contributed by atoms with E-state index in [-0.39, 0.29) is 6.54 Å². The van der Waals surface area contributed by atoms with Crippen LogP contribution in [0, 0.1) is 0 Å². The van der Waals surface area contributed by atoms with Gasteiger partial charge in [-0.05, 0) is 19.4 Å². The summed E-state index contributed by atoms with van der Waals surface area (Å²) in [6.45, 7) is 3.70. The molecule has 0 bridgehead atoms. The van der Waals surface area contributed by atoms with E-state index < -0.39 is 28.3 Å². The van der Waals surface area contributed by atoms with Crippen LogP contribution in [0.1, 0.15) is 25.8 Å². The first-order valence-electron chi connectivity index (χ1n) is 5.55. The molecule has 3 nitrogen and oxygen atoms in total. The number of hydrogen-bond donors (Lipinski definition) is 2. The topological polar surface area (TPSA) is 49.3 Å². The van der Waals surface area contributed by atoms with Gasteiger partial charge in [0.25, 0.3) is 0 Å². The Balaban J connectivity index is 2.56. The fourth-order valence-electron chi connectivity index (χ4n) is 1.56. The summed E-state index contributed by atoms with van der Waals surface area (Å²) in [5, 5.41) is -0.609. The van der Waals surface area contributed by atoms with Crippen molar-refractivity contribution in [2.75, 3.05) is 6.54 Å². The molecular weight excluding hydrogens is 260 g/mol. The Morgan fingerprint density at radius 1 is 1.28 bits per heavy atom. The zero-order valence-electron chi connectivity index (χ0n) is 10.3. The number of halogens is 2. The van der Waals surface area contributed by atoms with Gasteiger partial charge in [0.2, 0.25) is 11.1 Å². The molecule has 1 aromatic carbocycles. The van der Waals surface area contributed by atoms with Gasteiger partial charge >= 0.3 is 5.25 Å². The fraction of sp³-hybridized carbons (Fsp3) is 0.500. The minimum atomic E-state index is -3.57. The van der Waals surface area contributed by atoms with E-state index >= 15 is 0 Å². The summed E-state index contributed by atoms with van der Waals surface area (Å²) in [7, 11) is 0. The maximum atomic E-state index is 12.9. The normalized spacial score (nSPS) is 14.5. The van der Waals surface area contributed by atoms with Crippen molar-refractivity contribution in [2.45, 2.75) is 31.1 Å². The number of alkyl halides is 2. The molecule has 0 aliphatic heterocycles. The van der Waals surface area contributed by atoms with E-state index in [0.29, 0.717) is 0 Å². The van der Waals surface area contributed by atoms with Gasteiger partial charge in [0.05, 0.1) is 0 Å². The van der Waals surface area contributed by atoms with Crippen LogP contribution in [0.25, 0.3) is 0 Å². The maximum Gasteiger partial charge on any atom is 0.346 e. The van der Waals surface area contributed by atoms with E-state index in [9.17, 15) is 13.0 Å². The second-order valence-electron chi connectivity index (χ2n) is 4.55. The van der Waals surface area contributed by atoms with Crippen LogP contribution in [0.2, 0.25) is 0 Å². The molecule has 0 aliphatic rings. The predicted octanol–water partition coefficient (Wildman–Crippen LogP) is 2.72. The van der Waals surface area contributed by atoms with Crippen molar-refractivity contribution in [1.82, 2.24) is 5.32 Å². The molecule has 1 aromatic rings. The van der Waals surface area contributed by atoms with Crippen molar-refractivity contribution < 1.29 is 17.5 Å². The number of nitrogens with one attached hydrogen (secondary N) is 1. The van der Waals surface area contributed by atoms with Gasteiger partial charge in [0.1, 0.15) is 0 Å². The van der Waals surface area contributed by atoms with Crippen LogP contribution in [0.3, 0.4) is 0 Å². The van der Waals surface area contributed by atoms with Crippen LogP contribution in [-0.4, -0.2) is 20.6 Å². The molecule has 0 saturated carbocycles. The first-order valence-corrected chi connectivity index (χ1v) is 6.66. The minimum Gasteiger partial charge on any atom is -0.308 e. The number of benzene rings is 1. The van der Waals surface area contributed by atoms with Gasteiger partial charge in [-0.2, -0.15) is 8.78 Å². The molecule has 0 saturated heterocycles. The molecule has 1 unspecified atom stereocenters. The average Bonchev–Trinajstić information content (AvgIpc) is 2.29. The van der Waals surface area contributed by atoms with Crippen LogP contribution in [0.4, 0.5) is 8.78 Å². The Labute approximate surface area is 108 Å². The lowest BCUT2D eigenvalue weighted by atomic mass is 9.94. The zero-order chi connectivity index (χ0) is 13.8. The largest absolute Gasteiger partial charge is 0.346 e. The molecular formula is C12H17F2NO2S. The molecule has 1 atom stereocenters. The Morgan fingerprint density at radius 3 is 2.33 bits per heavy atom. The highest BCUT2D eigenvalue weighted by Gasteiger charge is 2.36. The highest BCUT2D eigenvalue weighted by molar-refractivity contribution is 7.80. The highest BCUT2D eigenvalue weighted by Crippen LogP contribution is 2.23. The monoisotopic (exact) mass is 277 g/mol. The van der Waals surface area contributed by atoms with Crippen LogP contribution in [0.5, 0.6) is 0 Å². The molecule has 0 heterocycles. The zero-order valence-corrected chi connectivity index (χ0v) is 11.1. The summed E-state index contributed by atoms with van der Waals surface area (Å²) >= 11 is -3.12. The van der Waals surface area contributed by atoms with Gasteiger partial charge in [-0.3, -0.25) is 0 Å². The standard InChI is InChI=1S/C12H17F2NO2S/c1-11(2,10-6-4-3-5-7-10)15-9-8-12(13,14)18(16)17/h3-7,15H,8-9H2,1-2H3,(H,16,17). The fourth-order valence-corrected chi connectivity index (χ4v) is 1.84.